The lowest BCUT2D eigenvalue weighted by molar-refractivity contribution is -0.274. The topological polar surface area (TPSA) is 76.4 Å². The second-order valence-electron chi connectivity index (χ2n) is 8.51. The van der Waals surface area contributed by atoms with Crippen LogP contribution in [0.1, 0.15) is 30.9 Å². The molecule has 1 aromatic heterocycles. The number of hydrogen-bond donors (Lipinski definition) is 2. The molecule has 0 amide bonds. The van der Waals surface area contributed by atoms with Crippen molar-refractivity contribution in [2.24, 2.45) is 5.10 Å². The quantitative estimate of drug-likeness (QED) is 0.116. The molecule has 0 aliphatic carbocycles. The van der Waals surface area contributed by atoms with Gasteiger partial charge in [-0.3, -0.25) is 5.43 Å². The molecule has 0 unspecified atom stereocenters. The Kier molecular flexibility index (Phi) is 8.19. The van der Waals surface area contributed by atoms with Gasteiger partial charge >= 0.3 is 6.36 Å². The summed E-state index contributed by atoms with van der Waals surface area (Å²) < 4.78 is 69.6. The highest BCUT2D eigenvalue weighted by Crippen LogP contribution is 2.27. The Morgan fingerprint density at radius 2 is 1.69 bits per heavy atom. The molecule has 13 heteroatoms. The molecule has 0 atom stereocenters. The van der Waals surface area contributed by atoms with Crippen LogP contribution in [-0.2, 0) is 0 Å². The number of hydrogen-bond acceptors (Lipinski definition) is 5. The molecule has 39 heavy (non-hydrogen) atoms. The van der Waals surface area contributed by atoms with Crippen molar-refractivity contribution >= 4 is 29.2 Å². The molecule has 4 aromatic rings. The number of rotatable bonds is 7. The van der Waals surface area contributed by atoms with E-state index in [-0.39, 0.29) is 16.8 Å². The van der Waals surface area contributed by atoms with Gasteiger partial charge in [0.25, 0.3) is 0 Å². The zero-order chi connectivity index (χ0) is 28.2. The van der Waals surface area contributed by atoms with Crippen LogP contribution < -0.4 is 15.5 Å². The molecule has 202 valence electrons. The monoisotopic (exact) mass is 560 g/mol. The van der Waals surface area contributed by atoms with E-state index < -0.39 is 18.0 Å². The molecule has 0 saturated carbocycles. The van der Waals surface area contributed by atoms with E-state index in [4.69, 9.17) is 12.2 Å². The third-order valence-corrected chi connectivity index (χ3v) is 5.53. The molecule has 0 saturated heterocycles. The molecule has 3 aromatic carbocycles. The standard InChI is InChI=1S/C26H21F5N6OS/c1-15(2)20-11-21(27)22(28)12-23(20)34-25(39)35-33-13-16-3-5-17(6-4-16)24-32-14-37(36-24)18-7-9-19(10-8-18)38-26(29,30)31/h3-15H,1-2H3,(H2,34,35,39)/b33-13+. The number of nitrogens with zero attached hydrogens (tertiary/aromatic N) is 4. The average Bonchev–Trinajstić information content (AvgIpc) is 3.36. The van der Waals surface area contributed by atoms with E-state index in [1.54, 1.807) is 24.3 Å². The normalized spacial score (nSPS) is 11.7. The van der Waals surface area contributed by atoms with Gasteiger partial charge < -0.3 is 10.1 Å². The molecule has 1 heterocycles. The highest BCUT2D eigenvalue weighted by molar-refractivity contribution is 7.80. The second kappa shape index (κ2) is 11.6. The van der Waals surface area contributed by atoms with E-state index in [2.05, 4.69) is 30.7 Å². The first-order valence-electron chi connectivity index (χ1n) is 11.5. The van der Waals surface area contributed by atoms with Crippen LogP contribution in [0.25, 0.3) is 17.1 Å². The summed E-state index contributed by atoms with van der Waals surface area (Å²) in [6, 6.07) is 14.5. The zero-order valence-corrected chi connectivity index (χ0v) is 21.3. The van der Waals surface area contributed by atoms with Crippen LogP contribution in [0.3, 0.4) is 0 Å². The van der Waals surface area contributed by atoms with E-state index in [1.807, 2.05) is 13.8 Å². The Bertz CT molecular complexity index is 1480. The van der Waals surface area contributed by atoms with Crippen molar-refractivity contribution in [1.82, 2.24) is 20.2 Å². The molecule has 0 spiro atoms. The summed E-state index contributed by atoms with van der Waals surface area (Å²) in [6.45, 7) is 3.70. The van der Waals surface area contributed by atoms with Crippen LogP contribution in [0.15, 0.2) is 72.1 Å². The van der Waals surface area contributed by atoms with Gasteiger partial charge in [-0.1, -0.05) is 38.1 Å². The third kappa shape index (κ3) is 7.35. The maximum atomic E-state index is 13.7. The van der Waals surface area contributed by atoms with Crippen molar-refractivity contribution in [3.63, 3.8) is 0 Å². The predicted molar refractivity (Wildman–Crippen MR) is 141 cm³/mol. The van der Waals surface area contributed by atoms with Crippen molar-refractivity contribution in [3.8, 4) is 22.8 Å². The number of nitrogens with one attached hydrogen (secondary N) is 2. The summed E-state index contributed by atoms with van der Waals surface area (Å²) in [5.41, 5.74) is 5.49. The van der Waals surface area contributed by atoms with E-state index in [0.29, 0.717) is 28.3 Å². The summed E-state index contributed by atoms with van der Waals surface area (Å²) in [6.07, 6.45) is -1.80. The number of anilines is 1. The van der Waals surface area contributed by atoms with Gasteiger partial charge in [0.05, 0.1) is 11.9 Å². The van der Waals surface area contributed by atoms with Crippen LogP contribution in [0.5, 0.6) is 5.75 Å². The summed E-state index contributed by atoms with van der Waals surface area (Å²) in [4.78, 5) is 4.25. The number of ether oxygens (including phenoxy) is 1. The van der Waals surface area contributed by atoms with E-state index in [9.17, 15) is 22.0 Å². The molecule has 0 aliphatic heterocycles. The highest BCUT2D eigenvalue weighted by Gasteiger charge is 2.31. The van der Waals surface area contributed by atoms with E-state index in [0.717, 1.165) is 17.7 Å². The van der Waals surface area contributed by atoms with E-state index >= 15 is 0 Å². The number of benzene rings is 3. The van der Waals surface area contributed by atoms with E-state index in [1.165, 1.54) is 41.5 Å². The minimum Gasteiger partial charge on any atom is -0.406 e. The lowest BCUT2D eigenvalue weighted by atomic mass is 10.0. The Balaban J connectivity index is 1.36. The minimum atomic E-state index is -4.76. The summed E-state index contributed by atoms with van der Waals surface area (Å²) in [5, 5.41) is 11.4. The Labute approximate surface area is 225 Å². The zero-order valence-electron chi connectivity index (χ0n) is 20.5. The average molecular weight is 561 g/mol. The molecule has 0 fully saturated rings. The first-order chi connectivity index (χ1) is 18.5. The van der Waals surface area contributed by atoms with Gasteiger partial charge in [0.2, 0.25) is 0 Å². The molecule has 2 N–H and O–H groups in total. The smallest absolute Gasteiger partial charge is 0.406 e. The Hall–Kier alpha value is -4.39. The maximum absolute atomic E-state index is 13.7. The van der Waals surface area contributed by atoms with Crippen molar-refractivity contribution < 1.29 is 26.7 Å². The third-order valence-electron chi connectivity index (χ3n) is 5.34. The summed E-state index contributed by atoms with van der Waals surface area (Å²) >= 11 is 5.20. The second-order valence-corrected chi connectivity index (χ2v) is 8.92. The van der Waals surface area contributed by atoms with Gasteiger partial charge in [-0.25, -0.2) is 18.4 Å². The SMILES string of the molecule is CC(C)c1cc(F)c(F)cc1NC(=S)N/N=C/c1ccc(-c2ncn(-c3ccc(OC(F)(F)F)cc3)n2)cc1. The van der Waals surface area contributed by atoms with Gasteiger partial charge in [0, 0.05) is 17.3 Å². The fraction of sp³-hybridized carbons (Fsp3) is 0.154. The van der Waals surface area contributed by atoms with Gasteiger partial charge in [0.1, 0.15) is 12.1 Å². The maximum Gasteiger partial charge on any atom is 0.573 e. The molecule has 0 aliphatic rings. The molecule has 0 bridgehead atoms. The van der Waals surface area contributed by atoms with Crippen molar-refractivity contribution in [3.05, 3.63) is 89.8 Å². The first-order valence-corrected chi connectivity index (χ1v) is 11.9. The molecule has 7 nitrogen and oxygen atoms in total. The van der Waals surface area contributed by atoms with Crippen LogP contribution in [0.2, 0.25) is 0 Å². The summed E-state index contributed by atoms with van der Waals surface area (Å²) in [5.74, 6) is -1.91. The van der Waals surface area contributed by atoms with Gasteiger partial charge in [-0.05, 0) is 59.6 Å². The van der Waals surface area contributed by atoms with Crippen LogP contribution in [0, 0.1) is 11.6 Å². The molecular weight excluding hydrogens is 539 g/mol. The first kappa shape index (κ1) is 27.6. The summed E-state index contributed by atoms with van der Waals surface area (Å²) in [7, 11) is 0. The Morgan fingerprint density at radius 1 is 1.03 bits per heavy atom. The number of alkyl halides is 3. The largest absolute Gasteiger partial charge is 0.573 e. The lowest BCUT2D eigenvalue weighted by Gasteiger charge is -2.15. The van der Waals surface area contributed by atoms with Crippen LogP contribution >= 0.6 is 12.2 Å². The van der Waals surface area contributed by atoms with Crippen molar-refractivity contribution in [2.45, 2.75) is 26.1 Å². The number of hydrazone groups is 1. The van der Waals surface area contributed by atoms with Crippen LogP contribution in [0.4, 0.5) is 27.6 Å². The molecule has 0 radical (unpaired) electrons. The van der Waals surface area contributed by atoms with Crippen molar-refractivity contribution in [2.75, 3.05) is 5.32 Å². The molecule has 4 rings (SSSR count). The predicted octanol–water partition coefficient (Wildman–Crippen LogP) is 6.56. The minimum absolute atomic E-state index is 0.0632. The van der Waals surface area contributed by atoms with Gasteiger partial charge in [-0.2, -0.15) is 5.10 Å². The van der Waals surface area contributed by atoms with Gasteiger partial charge in [0.15, 0.2) is 22.6 Å². The number of thiocarbonyl (C=S) groups is 1. The van der Waals surface area contributed by atoms with Crippen LogP contribution in [-0.4, -0.2) is 32.5 Å². The lowest BCUT2D eigenvalue weighted by Crippen LogP contribution is -2.24. The van der Waals surface area contributed by atoms with Gasteiger partial charge in [-0.15, -0.1) is 18.3 Å². The number of aromatic nitrogens is 3. The number of halogens is 5. The van der Waals surface area contributed by atoms with Crippen molar-refractivity contribution in [1.29, 1.82) is 0 Å². The fourth-order valence-corrected chi connectivity index (χ4v) is 3.67. The Morgan fingerprint density at radius 3 is 2.33 bits per heavy atom. The highest BCUT2D eigenvalue weighted by atomic mass is 32.1. The fourth-order valence-electron chi connectivity index (χ4n) is 3.50. The molecular formula is C26H21F5N6OS.